The molecule has 0 spiro atoms. The third-order valence-corrected chi connectivity index (χ3v) is 4.50. The molecule has 2 heterocycles. The van der Waals surface area contributed by atoms with Crippen LogP contribution < -0.4 is 15.8 Å². The fraction of sp³-hybridized carbons (Fsp3) is 0.375. The monoisotopic (exact) mass is 370 g/mol. The van der Waals surface area contributed by atoms with Crippen molar-refractivity contribution in [3.63, 3.8) is 0 Å². The van der Waals surface area contributed by atoms with Crippen LogP contribution in [0.1, 0.15) is 6.92 Å². The van der Waals surface area contributed by atoms with Gasteiger partial charge in [-0.2, -0.15) is 9.78 Å². The Morgan fingerprint density at radius 3 is 2.68 bits per heavy atom. The molecule has 0 amide bonds. The van der Waals surface area contributed by atoms with E-state index in [4.69, 9.17) is 11.6 Å². The number of nitrogens with zero attached hydrogens (tertiary/aromatic N) is 3. The molecule has 2 aromatic rings. The number of aliphatic hydroxyl groups is 1. The van der Waals surface area contributed by atoms with Gasteiger partial charge < -0.3 is 15.3 Å². The van der Waals surface area contributed by atoms with Gasteiger partial charge in [-0.3, -0.25) is 4.79 Å². The van der Waals surface area contributed by atoms with Gasteiger partial charge in [0.1, 0.15) is 16.7 Å². The van der Waals surface area contributed by atoms with E-state index in [1.165, 1.54) is 6.20 Å². The summed E-state index contributed by atoms with van der Waals surface area (Å²) in [5, 5.41) is 17.0. The lowest BCUT2D eigenvalue weighted by molar-refractivity contribution is 0.151. The first-order valence-corrected chi connectivity index (χ1v) is 8.16. The molecule has 1 aromatic carbocycles. The Hall–Kier alpha value is -2.03. The zero-order valence-corrected chi connectivity index (χ0v) is 14.2. The van der Waals surface area contributed by atoms with Crippen LogP contribution in [0.2, 0.25) is 5.02 Å². The highest BCUT2D eigenvalue weighted by Crippen LogP contribution is 2.25. The van der Waals surface area contributed by atoms with Crippen molar-refractivity contribution in [2.45, 2.75) is 19.1 Å². The molecule has 1 aromatic heterocycles. The fourth-order valence-corrected chi connectivity index (χ4v) is 3.16. The van der Waals surface area contributed by atoms with Gasteiger partial charge in [-0.1, -0.05) is 11.6 Å². The third kappa shape index (κ3) is 3.51. The Morgan fingerprint density at radius 1 is 1.36 bits per heavy atom. The molecule has 2 N–H and O–H groups in total. The Kier molecular flexibility index (Phi) is 5.03. The summed E-state index contributed by atoms with van der Waals surface area (Å²) >= 11 is 6.23. The van der Waals surface area contributed by atoms with E-state index < -0.39 is 23.3 Å². The van der Waals surface area contributed by atoms with E-state index in [0.717, 1.165) is 16.8 Å². The number of benzene rings is 1. The summed E-state index contributed by atoms with van der Waals surface area (Å²) in [6, 6.07) is 2.43. The van der Waals surface area contributed by atoms with Crippen molar-refractivity contribution in [1.82, 2.24) is 15.1 Å². The molecule has 1 aliphatic heterocycles. The van der Waals surface area contributed by atoms with Crippen molar-refractivity contribution in [2.75, 3.05) is 24.5 Å². The van der Waals surface area contributed by atoms with Gasteiger partial charge in [-0.25, -0.2) is 8.78 Å². The number of hydrogen-bond acceptors (Lipinski definition) is 5. The van der Waals surface area contributed by atoms with Crippen LogP contribution >= 0.6 is 11.6 Å². The zero-order chi connectivity index (χ0) is 18.1. The molecule has 3 rings (SSSR count). The van der Waals surface area contributed by atoms with Crippen LogP contribution in [0, 0.1) is 11.6 Å². The number of aliphatic hydroxyl groups excluding tert-OH is 1. The Labute approximate surface area is 147 Å². The molecule has 0 saturated carbocycles. The lowest BCUT2D eigenvalue weighted by atomic mass is 10.1. The van der Waals surface area contributed by atoms with Crippen molar-refractivity contribution in [1.29, 1.82) is 0 Å². The summed E-state index contributed by atoms with van der Waals surface area (Å²) in [5.41, 5.74) is -0.359. The minimum absolute atomic E-state index is 0.0525. The van der Waals surface area contributed by atoms with E-state index in [0.29, 0.717) is 31.4 Å². The van der Waals surface area contributed by atoms with Gasteiger partial charge in [-0.05, 0) is 19.1 Å². The maximum Gasteiger partial charge on any atom is 0.292 e. The van der Waals surface area contributed by atoms with Crippen LogP contribution in [-0.2, 0) is 0 Å². The summed E-state index contributed by atoms with van der Waals surface area (Å²) in [4.78, 5) is 14.4. The van der Waals surface area contributed by atoms with Gasteiger partial charge in [0, 0.05) is 25.7 Å². The Balaban J connectivity index is 2.05. The minimum atomic E-state index is -0.819. The van der Waals surface area contributed by atoms with Gasteiger partial charge in [0.05, 0.1) is 29.7 Å². The zero-order valence-electron chi connectivity index (χ0n) is 13.4. The molecule has 9 heteroatoms. The number of aromatic nitrogens is 2. The molecule has 0 aliphatic carbocycles. The van der Waals surface area contributed by atoms with Crippen molar-refractivity contribution >= 4 is 17.3 Å². The van der Waals surface area contributed by atoms with Crippen molar-refractivity contribution < 1.29 is 13.9 Å². The van der Waals surface area contributed by atoms with Crippen LogP contribution in [0.15, 0.2) is 29.2 Å². The average molecular weight is 371 g/mol. The number of rotatable bonds is 3. The summed E-state index contributed by atoms with van der Waals surface area (Å²) in [6.07, 6.45) is 0.719. The molecule has 6 nitrogen and oxygen atoms in total. The summed E-state index contributed by atoms with van der Waals surface area (Å²) in [7, 11) is 0. The first-order chi connectivity index (χ1) is 11.9. The smallest absolute Gasteiger partial charge is 0.292 e. The molecule has 1 fully saturated rings. The van der Waals surface area contributed by atoms with Gasteiger partial charge >= 0.3 is 0 Å². The molecular weight excluding hydrogens is 354 g/mol. The molecule has 2 atom stereocenters. The standard InChI is InChI=1S/C16H17ClF2N4O2/c1-9(24)13-7-20-2-3-22(13)14-8-21-23(16(25)15(14)17)12-5-10(18)4-11(19)6-12/h4-6,8-9,13,20,24H,2-3,7H2,1H3. The maximum atomic E-state index is 13.4. The maximum absolute atomic E-state index is 13.4. The van der Waals surface area contributed by atoms with Gasteiger partial charge in [-0.15, -0.1) is 0 Å². The van der Waals surface area contributed by atoms with Gasteiger partial charge in [0.2, 0.25) is 0 Å². The fourth-order valence-electron chi connectivity index (χ4n) is 2.93. The molecule has 0 bridgehead atoms. The van der Waals surface area contributed by atoms with E-state index in [-0.39, 0.29) is 16.8 Å². The van der Waals surface area contributed by atoms with Crippen molar-refractivity contribution in [3.8, 4) is 5.69 Å². The average Bonchev–Trinajstić information content (AvgIpc) is 2.56. The number of piperazine rings is 1. The highest BCUT2D eigenvalue weighted by Gasteiger charge is 2.29. The van der Waals surface area contributed by atoms with Crippen molar-refractivity contribution in [2.24, 2.45) is 0 Å². The number of hydrogen-bond donors (Lipinski definition) is 2. The van der Waals surface area contributed by atoms with E-state index in [1.54, 1.807) is 6.92 Å². The number of anilines is 1. The second-order valence-electron chi connectivity index (χ2n) is 5.89. The topological polar surface area (TPSA) is 70.4 Å². The third-order valence-electron chi connectivity index (χ3n) is 4.14. The lowest BCUT2D eigenvalue weighted by Crippen LogP contribution is -2.56. The van der Waals surface area contributed by atoms with Crippen LogP contribution in [0.25, 0.3) is 5.69 Å². The van der Waals surface area contributed by atoms with E-state index in [1.807, 2.05) is 4.90 Å². The predicted octanol–water partition coefficient (Wildman–Crippen LogP) is 1.32. The summed E-state index contributed by atoms with van der Waals surface area (Å²) < 4.78 is 27.6. The highest BCUT2D eigenvalue weighted by atomic mass is 35.5. The van der Waals surface area contributed by atoms with Gasteiger partial charge in [0.25, 0.3) is 5.56 Å². The quantitative estimate of drug-likeness (QED) is 0.853. The van der Waals surface area contributed by atoms with Crippen molar-refractivity contribution in [3.05, 3.63) is 51.4 Å². The molecule has 1 aliphatic rings. The van der Waals surface area contributed by atoms with E-state index in [2.05, 4.69) is 10.4 Å². The van der Waals surface area contributed by atoms with Gasteiger partial charge in [0.15, 0.2) is 0 Å². The molecular formula is C16H17ClF2N4O2. The largest absolute Gasteiger partial charge is 0.391 e. The first-order valence-electron chi connectivity index (χ1n) is 7.78. The molecule has 134 valence electrons. The molecule has 0 radical (unpaired) electrons. The molecule has 25 heavy (non-hydrogen) atoms. The normalized spacial score (nSPS) is 19.1. The second-order valence-corrected chi connectivity index (χ2v) is 6.27. The molecule has 1 saturated heterocycles. The Morgan fingerprint density at radius 2 is 2.04 bits per heavy atom. The van der Waals surface area contributed by atoms with E-state index >= 15 is 0 Å². The first kappa shape index (κ1) is 17.8. The predicted molar refractivity (Wildman–Crippen MR) is 90.4 cm³/mol. The highest BCUT2D eigenvalue weighted by molar-refractivity contribution is 6.33. The van der Waals surface area contributed by atoms with Crippen LogP contribution in [0.5, 0.6) is 0 Å². The SMILES string of the molecule is CC(O)C1CNCCN1c1cnn(-c2cc(F)cc(F)c2)c(=O)c1Cl. The number of nitrogens with one attached hydrogen (secondary N) is 1. The Bertz CT molecular complexity index is 823. The second kappa shape index (κ2) is 7.07. The van der Waals surface area contributed by atoms with E-state index in [9.17, 15) is 18.7 Å². The lowest BCUT2D eigenvalue weighted by Gasteiger charge is -2.39. The van der Waals surface area contributed by atoms with Crippen LogP contribution in [-0.4, -0.2) is 46.7 Å². The summed E-state index contributed by atoms with van der Waals surface area (Å²) in [6.45, 7) is 3.39. The van der Waals surface area contributed by atoms with Crippen LogP contribution in [0.3, 0.4) is 0 Å². The molecule has 2 unspecified atom stereocenters. The number of halogens is 3. The minimum Gasteiger partial charge on any atom is -0.391 e. The van der Waals surface area contributed by atoms with Crippen LogP contribution in [0.4, 0.5) is 14.5 Å². The summed E-state index contributed by atoms with van der Waals surface area (Å²) in [5.74, 6) is -1.64.